The second kappa shape index (κ2) is 7.08. The summed E-state index contributed by atoms with van der Waals surface area (Å²) in [7, 11) is 3.33. The summed E-state index contributed by atoms with van der Waals surface area (Å²) in [6.07, 6.45) is 0. The summed E-state index contributed by atoms with van der Waals surface area (Å²) in [4.78, 5) is 11.0. The van der Waals surface area contributed by atoms with Crippen LogP contribution in [0.15, 0.2) is 18.2 Å². The molecule has 0 fully saturated rings. The summed E-state index contributed by atoms with van der Waals surface area (Å²) in [6.45, 7) is -3.67. The number of carbonyl (C=O) groups is 1. The molecule has 3 nitrogen and oxygen atoms in total. The summed E-state index contributed by atoms with van der Waals surface area (Å²) < 4.78 is 29.0. The SMILES string of the molecule is FC(F)F.[CH2-][NH2+]C(=O)c1ccc(O)c(Cl)c1. The predicted molar refractivity (Wildman–Crippen MR) is 51.8 cm³/mol. The van der Waals surface area contributed by atoms with Crippen LogP contribution < -0.4 is 5.32 Å². The average Bonchev–Trinajstić information content (AvgIpc) is 2.20. The molecular formula is C9H9ClF3NO2. The molecule has 0 aliphatic rings. The first-order valence-electron chi connectivity index (χ1n) is 3.96. The monoisotopic (exact) mass is 255 g/mol. The molecular weight excluding hydrogens is 247 g/mol. The van der Waals surface area contributed by atoms with E-state index in [2.05, 4.69) is 7.05 Å². The van der Waals surface area contributed by atoms with Gasteiger partial charge in [0.2, 0.25) is 0 Å². The number of alkyl halides is 3. The highest BCUT2D eigenvalue weighted by Gasteiger charge is 2.07. The molecule has 0 aliphatic heterocycles. The Morgan fingerprint density at radius 1 is 1.44 bits per heavy atom. The number of hydrogen-bond acceptors (Lipinski definition) is 2. The molecule has 7 heteroatoms. The molecule has 0 aromatic heterocycles. The van der Waals surface area contributed by atoms with Gasteiger partial charge in [0.1, 0.15) is 5.75 Å². The summed E-state index contributed by atoms with van der Waals surface area (Å²) in [5.41, 5.74) is 0.424. The number of phenolic OH excluding ortho intramolecular Hbond substituents is 1. The van der Waals surface area contributed by atoms with Gasteiger partial charge in [-0.15, -0.1) is 7.05 Å². The lowest BCUT2D eigenvalue weighted by Crippen LogP contribution is -2.81. The Balaban J connectivity index is 0.000000487. The minimum atomic E-state index is -3.67. The number of primary amides is 1. The molecule has 0 aliphatic carbocycles. The molecule has 0 bridgehead atoms. The van der Waals surface area contributed by atoms with Crippen LogP contribution in [0.3, 0.4) is 0 Å². The molecule has 3 N–H and O–H groups in total. The van der Waals surface area contributed by atoms with Gasteiger partial charge in [0.05, 0.1) is 10.6 Å². The maximum atomic E-state index is 11.0. The third kappa shape index (κ3) is 5.57. The molecule has 1 aromatic rings. The molecule has 0 spiro atoms. The van der Waals surface area contributed by atoms with Crippen molar-refractivity contribution in [3.05, 3.63) is 35.8 Å². The van der Waals surface area contributed by atoms with Gasteiger partial charge >= 0.3 is 12.6 Å². The molecule has 16 heavy (non-hydrogen) atoms. The minimum Gasteiger partial charge on any atom is -0.506 e. The van der Waals surface area contributed by atoms with E-state index in [-0.39, 0.29) is 16.7 Å². The zero-order chi connectivity index (χ0) is 12.7. The molecule has 1 rings (SSSR count). The first-order chi connectivity index (χ1) is 7.38. The van der Waals surface area contributed by atoms with Gasteiger partial charge in [0.25, 0.3) is 0 Å². The predicted octanol–water partition coefficient (Wildman–Crippen LogP) is 1.72. The minimum absolute atomic E-state index is 0.0303. The van der Waals surface area contributed by atoms with Crippen molar-refractivity contribution in [2.45, 2.75) is 6.68 Å². The number of halogens is 4. The van der Waals surface area contributed by atoms with Crippen LogP contribution in [-0.4, -0.2) is 17.7 Å². The number of rotatable bonds is 1. The van der Waals surface area contributed by atoms with Crippen molar-refractivity contribution >= 4 is 17.5 Å². The topological polar surface area (TPSA) is 53.9 Å². The largest absolute Gasteiger partial charge is 0.506 e. The van der Waals surface area contributed by atoms with E-state index < -0.39 is 6.68 Å². The molecule has 1 aromatic carbocycles. The van der Waals surface area contributed by atoms with Crippen LogP contribution in [0.5, 0.6) is 5.75 Å². The van der Waals surface area contributed by atoms with Crippen LogP contribution in [-0.2, 0) is 0 Å². The fraction of sp³-hybridized carbons (Fsp3) is 0.111. The summed E-state index contributed by atoms with van der Waals surface area (Å²) in [6, 6.07) is 4.27. The Morgan fingerprint density at radius 3 is 2.31 bits per heavy atom. The second-order valence-corrected chi connectivity index (χ2v) is 2.89. The Hall–Kier alpha value is -1.27. The Bertz CT molecular complexity index is 358. The lowest BCUT2D eigenvalue weighted by atomic mass is 10.2. The standard InChI is InChI=1S/C8H8ClNO2.CHF3/c1-10-8(12)5-2-3-7(11)6(9)4-5;2-1(3)4/h2-4,11H,1,10H2;1H. The molecule has 0 saturated carbocycles. The number of phenols is 1. The van der Waals surface area contributed by atoms with Gasteiger partial charge in [-0.1, -0.05) is 11.6 Å². The highest BCUT2D eigenvalue weighted by molar-refractivity contribution is 6.32. The van der Waals surface area contributed by atoms with Gasteiger partial charge in [-0.05, 0) is 18.2 Å². The maximum absolute atomic E-state index is 11.0. The second-order valence-electron chi connectivity index (χ2n) is 2.48. The summed E-state index contributed by atoms with van der Waals surface area (Å²) in [5, 5.41) is 10.4. The van der Waals surface area contributed by atoms with Crippen molar-refractivity contribution in [2.75, 3.05) is 0 Å². The number of nitrogens with two attached hydrogens (primary N) is 1. The molecule has 0 unspecified atom stereocenters. The van der Waals surface area contributed by atoms with Crippen molar-refractivity contribution < 1.29 is 28.4 Å². The van der Waals surface area contributed by atoms with Crippen molar-refractivity contribution in [2.24, 2.45) is 0 Å². The third-order valence-electron chi connectivity index (χ3n) is 1.42. The highest BCUT2D eigenvalue weighted by atomic mass is 35.5. The quantitative estimate of drug-likeness (QED) is 0.751. The zero-order valence-corrected chi connectivity index (χ0v) is 8.72. The molecule has 0 atom stereocenters. The Morgan fingerprint density at radius 2 is 1.94 bits per heavy atom. The smallest absolute Gasteiger partial charge is 0.379 e. The molecule has 1 amide bonds. The van der Waals surface area contributed by atoms with E-state index >= 15 is 0 Å². The zero-order valence-electron chi connectivity index (χ0n) is 7.96. The van der Waals surface area contributed by atoms with Crippen molar-refractivity contribution in [1.82, 2.24) is 0 Å². The maximum Gasteiger partial charge on any atom is 0.379 e. The normalized spacial score (nSPS) is 9.62. The highest BCUT2D eigenvalue weighted by Crippen LogP contribution is 2.22. The Labute approximate surface area is 94.8 Å². The number of quaternary nitrogens is 1. The summed E-state index contributed by atoms with van der Waals surface area (Å²) >= 11 is 5.58. The van der Waals surface area contributed by atoms with Crippen LogP contribution >= 0.6 is 11.6 Å². The van der Waals surface area contributed by atoms with Crippen molar-refractivity contribution in [3.8, 4) is 5.75 Å². The van der Waals surface area contributed by atoms with Crippen LogP contribution in [0, 0.1) is 7.05 Å². The fourth-order valence-electron chi connectivity index (χ4n) is 0.778. The summed E-state index contributed by atoms with van der Waals surface area (Å²) in [5.74, 6) is -0.242. The van der Waals surface area contributed by atoms with Gasteiger partial charge in [0.15, 0.2) is 0 Å². The lowest BCUT2D eigenvalue weighted by molar-refractivity contribution is -0.489. The van der Waals surface area contributed by atoms with Crippen molar-refractivity contribution in [1.29, 1.82) is 0 Å². The van der Waals surface area contributed by atoms with Crippen molar-refractivity contribution in [3.63, 3.8) is 0 Å². The first kappa shape index (κ1) is 14.7. The number of hydrogen-bond donors (Lipinski definition) is 2. The number of carbonyl (C=O) groups excluding carboxylic acids is 1. The fourth-order valence-corrected chi connectivity index (χ4v) is 0.959. The van der Waals surface area contributed by atoms with E-state index in [1.165, 1.54) is 23.5 Å². The van der Waals surface area contributed by atoms with Gasteiger partial charge < -0.3 is 10.4 Å². The Kier molecular flexibility index (Phi) is 6.52. The molecule has 0 saturated heterocycles. The number of benzene rings is 1. The van der Waals surface area contributed by atoms with Gasteiger partial charge in [-0.2, -0.15) is 13.2 Å². The third-order valence-corrected chi connectivity index (χ3v) is 1.72. The van der Waals surface area contributed by atoms with Crippen LogP contribution in [0.1, 0.15) is 10.4 Å². The van der Waals surface area contributed by atoms with Crippen LogP contribution in [0.25, 0.3) is 0 Å². The molecule has 90 valence electrons. The van der Waals surface area contributed by atoms with Gasteiger partial charge in [-0.25, -0.2) is 4.79 Å². The first-order valence-corrected chi connectivity index (χ1v) is 4.33. The molecule has 0 heterocycles. The lowest BCUT2D eigenvalue weighted by Gasteiger charge is -2.00. The number of amides is 1. The van der Waals surface area contributed by atoms with E-state index in [0.717, 1.165) is 0 Å². The van der Waals surface area contributed by atoms with Gasteiger partial charge in [0, 0.05) is 0 Å². The van der Waals surface area contributed by atoms with E-state index in [1.807, 2.05) is 0 Å². The van der Waals surface area contributed by atoms with E-state index in [0.29, 0.717) is 5.56 Å². The molecule has 0 radical (unpaired) electrons. The van der Waals surface area contributed by atoms with E-state index in [4.69, 9.17) is 16.7 Å². The average molecular weight is 256 g/mol. The van der Waals surface area contributed by atoms with E-state index in [1.54, 1.807) is 0 Å². The van der Waals surface area contributed by atoms with Gasteiger partial charge in [-0.3, -0.25) is 0 Å². The van der Waals surface area contributed by atoms with Crippen LogP contribution in [0.2, 0.25) is 5.02 Å². The van der Waals surface area contributed by atoms with E-state index in [9.17, 15) is 18.0 Å². The number of aromatic hydroxyl groups is 1. The van der Waals surface area contributed by atoms with Crippen LogP contribution in [0.4, 0.5) is 13.2 Å².